The summed E-state index contributed by atoms with van der Waals surface area (Å²) in [6.45, 7) is 1.13. The third-order valence-corrected chi connectivity index (χ3v) is 2.40. The smallest absolute Gasteiger partial charge is 0.257 e. The van der Waals surface area contributed by atoms with Crippen molar-refractivity contribution in [3.05, 3.63) is 0 Å². The monoisotopic (exact) mass is 216 g/mol. The molecule has 0 heterocycles. The molecular formula is C6H14F2N2O2S. The maximum absolute atomic E-state index is 12.4. The Morgan fingerprint density at radius 3 is 2.23 bits per heavy atom. The van der Waals surface area contributed by atoms with Gasteiger partial charge < -0.3 is 5.73 Å². The van der Waals surface area contributed by atoms with Gasteiger partial charge in [-0.3, -0.25) is 0 Å². The third kappa shape index (κ3) is 4.49. The molecule has 0 radical (unpaired) electrons. The van der Waals surface area contributed by atoms with E-state index in [1.807, 2.05) is 4.72 Å². The molecule has 0 amide bonds. The maximum Gasteiger partial charge on any atom is 0.257 e. The van der Waals surface area contributed by atoms with Crippen molar-refractivity contribution in [3.8, 4) is 0 Å². The highest BCUT2D eigenvalue weighted by Crippen LogP contribution is 2.19. The Labute approximate surface area is 76.5 Å². The molecule has 0 fully saturated rings. The molecule has 0 saturated heterocycles. The van der Waals surface area contributed by atoms with Gasteiger partial charge in [0.2, 0.25) is 10.0 Å². The summed E-state index contributed by atoms with van der Waals surface area (Å²) in [5.41, 5.74) is 3.34. The Bertz CT molecular complexity index is 255. The molecule has 7 heteroatoms. The molecule has 0 aromatic heterocycles. The zero-order valence-electron chi connectivity index (χ0n) is 7.55. The minimum Gasteiger partial charge on any atom is -0.330 e. The van der Waals surface area contributed by atoms with Crippen molar-refractivity contribution in [1.29, 1.82) is 0 Å². The Balaban J connectivity index is 4.61. The van der Waals surface area contributed by atoms with Crippen molar-refractivity contribution in [1.82, 2.24) is 4.72 Å². The SMILES string of the molecule is CC(CCN)(NS(C)(=O)=O)C(F)F. The average Bonchev–Trinajstić information content (AvgIpc) is 1.82. The first-order valence-corrected chi connectivity index (χ1v) is 5.57. The zero-order valence-corrected chi connectivity index (χ0v) is 8.37. The highest BCUT2D eigenvalue weighted by Gasteiger charge is 2.36. The Morgan fingerprint density at radius 1 is 1.54 bits per heavy atom. The number of hydrogen-bond donors (Lipinski definition) is 2. The highest BCUT2D eigenvalue weighted by atomic mass is 32.2. The van der Waals surface area contributed by atoms with Gasteiger partial charge >= 0.3 is 0 Å². The molecule has 13 heavy (non-hydrogen) atoms. The van der Waals surface area contributed by atoms with Crippen LogP contribution >= 0.6 is 0 Å². The molecule has 0 aliphatic heterocycles. The molecule has 1 unspecified atom stereocenters. The minimum absolute atomic E-state index is 0.00333. The van der Waals surface area contributed by atoms with Crippen molar-refractivity contribution >= 4 is 10.0 Å². The normalized spacial score (nSPS) is 17.4. The van der Waals surface area contributed by atoms with Crippen molar-refractivity contribution < 1.29 is 17.2 Å². The summed E-state index contributed by atoms with van der Waals surface area (Å²) in [4.78, 5) is 0. The molecule has 0 aliphatic carbocycles. The van der Waals surface area contributed by atoms with Gasteiger partial charge in [-0.2, -0.15) is 0 Å². The van der Waals surface area contributed by atoms with E-state index in [1.165, 1.54) is 0 Å². The second-order valence-corrected chi connectivity index (χ2v) is 4.88. The van der Waals surface area contributed by atoms with Crippen LogP contribution in [0.3, 0.4) is 0 Å². The van der Waals surface area contributed by atoms with Gasteiger partial charge in [-0.05, 0) is 19.9 Å². The van der Waals surface area contributed by atoms with Crippen molar-refractivity contribution in [2.75, 3.05) is 12.8 Å². The fraction of sp³-hybridized carbons (Fsp3) is 1.00. The predicted octanol–water partition coefficient (Wildman–Crippen LogP) is -0.0918. The van der Waals surface area contributed by atoms with Gasteiger partial charge in [0.15, 0.2) is 0 Å². The first kappa shape index (κ1) is 12.7. The van der Waals surface area contributed by atoms with E-state index < -0.39 is 22.0 Å². The second kappa shape index (κ2) is 4.30. The van der Waals surface area contributed by atoms with E-state index in [0.29, 0.717) is 0 Å². The molecule has 0 saturated carbocycles. The quantitative estimate of drug-likeness (QED) is 0.674. The minimum atomic E-state index is -3.63. The molecule has 0 aromatic carbocycles. The molecule has 80 valence electrons. The van der Waals surface area contributed by atoms with Gasteiger partial charge in [0.05, 0.1) is 11.8 Å². The number of sulfonamides is 1. The van der Waals surface area contributed by atoms with Gasteiger partial charge in [0.25, 0.3) is 6.43 Å². The van der Waals surface area contributed by atoms with Crippen molar-refractivity contribution in [2.24, 2.45) is 5.73 Å². The van der Waals surface area contributed by atoms with Crippen LogP contribution in [0.5, 0.6) is 0 Å². The second-order valence-electron chi connectivity index (χ2n) is 3.13. The van der Waals surface area contributed by atoms with Crippen LogP contribution in [-0.4, -0.2) is 33.2 Å². The lowest BCUT2D eigenvalue weighted by Gasteiger charge is -2.28. The van der Waals surface area contributed by atoms with E-state index in [0.717, 1.165) is 13.2 Å². The summed E-state index contributed by atoms with van der Waals surface area (Å²) in [5, 5.41) is 0. The van der Waals surface area contributed by atoms with Gasteiger partial charge in [-0.25, -0.2) is 21.9 Å². The fourth-order valence-electron chi connectivity index (χ4n) is 0.928. The lowest BCUT2D eigenvalue weighted by Crippen LogP contribution is -2.52. The van der Waals surface area contributed by atoms with E-state index in [4.69, 9.17) is 5.73 Å². The van der Waals surface area contributed by atoms with Gasteiger partial charge in [0.1, 0.15) is 0 Å². The number of alkyl halides is 2. The first-order valence-electron chi connectivity index (χ1n) is 3.68. The van der Waals surface area contributed by atoms with Crippen LogP contribution < -0.4 is 10.5 Å². The van der Waals surface area contributed by atoms with Gasteiger partial charge in [-0.1, -0.05) is 0 Å². The number of hydrogen-bond acceptors (Lipinski definition) is 3. The van der Waals surface area contributed by atoms with Crippen molar-refractivity contribution in [3.63, 3.8) is 0 Å². The molecular weight excluding hydrogens is 202 g/mol. The molecule has 4 nitrogen and oxygen atoms in total. The topological polar surface area (TPSA) is 72.2 Å². The van der Waals surface area contributed by atoms with E-state index in [9.17, 15) is 17.2 Å². The van der Waals surface area contributed by atoms with Gasteiger partial charge in [0, 0.05) is 0 Å². The summed E-state index contributed by atoms with van der Waals surface area (Å²) in [6.07, 6.45) is -2.03. The Hall–Kier alpha value is -0.270. The summed E-state index contributed by atoms with van der Waals surface area (Å²) in [6, 6.07) is 0. The summed E-state index contributed by atoms with van der Waals surface area (Å²) >= 11 is 0. The zero-order chi connectivity index (χ0) is 10.7. The molecule has 0 rings (SSSR count). The fourth-order valence-corrected chi connectivity index (χ4v) is 1.97. The van der Waals surface area contributed by atoms with Crippen LogP contribution in [0.1, 0.15) is 13.3 Å². The van der Waals surface area contributed by atoms with E-state index in [-0.39, 0.29) is 13.0 Å². The highest BCUT2D eigenvalue weighted by molar-refractivity contribution is 7.88. The van der Waals surface area contributed by atoms with E-state index >= 15 is 0 Å². The maximum atomic E-state index is 12.4. The third-order valence-electron chi connectivity index (χ3n) is 1.56. The number of nitrogens with one attached hydrogen (secondary N) is 1. The number of halogens is 2. The molecule has 0 aliphatic rings. The number of nitrogens with two attached hydrogens (primary N) is 1. The molecule has 0 spiro atoms. The number of rotatable bonds is 5. The van der Waals surface area contributed by atoms with Gasteiger partial charge in [-0.15, -0.1) is 0 Å². The molecule has 3 N–H and O–H groups in total. The largest absolute Gasteiger partial charge is 0.330 e. The van der Waals surface area contributed by atoms with Crippen LogP contribution in [0.25, 0.3) is 0 Å². The lowest BCUT2D eigenvalue weighted by molar-refractivity contribution is 0.0504. The lowest BCUT2D eigenvalue weighted by atomic mass is 10.0. The van der Waals surface area contributed by atoms with Crippen LogP contribution in [0.15, 0.2) is 0 Å². The summed E-state index contributed by atoms with van der Waals surface area (Å²) < 4.78 is 48.2. The summed E-state index contributed by atoms with van der Waals surface area (Å²) in [5.74, 6) is 0. The first-order chi connectivity index (χ1) is 5.71. The molecule has 1 atom stereocenters. The summed E-state index contributed by atoms with van der Waals surface area (Å²) in [7, 11) is -3.63. The van der Waals surface area contributed by atoms with Crippen LogP contribution in [0, 0.1) is 0 Å². The Kier molecular flexibility index (Phi) is 4.21. The van der Waals surface area contributed by atoms with Crippen LogP contribution in [0.4, 0.5) is 8.78 Å². The van der Waals surface area contributed by atoms with Crippen LogP contribution in [0.2, 0.25) is 0 Å². The molecule has 0 bridgehead atoms. The molecule has 0 aromatic rings. The Morgan fingerprint density at radius 2 is 2.00 bits per heavy atom. The van der Waals surface area contributed by atoms with E-state index in [2.05, 4.69) is 0 Å². The van der Waals surface area contributed by atoms with Crippen LogP contribution in [-0.2, 0) is 10.0 Å². The standard InChI is InChI=1S/C6H14F2N2O2S/c1-6(3-4-9,5(7)8)10-13(2,11)12/h5,10H,3-4,9H2,1-2H3. The average molecular weight is 216 g/mol. The van der Waals surface area contributed by atoms with E-state index in [1.54, 1.807) is 0 Å². The van der Waals surface area contributed by atoms with Crippen molar-refractivity contribution in [2.45, 2.75) is 25.3 Å². The predicted molar refractivity (Wildman–Crippen MR) is 46.1 cm³/mol.